The van der Waals surface area contributed by atoms with Gasteiger partial charge in [-0.25, -0.2) is 0 Å². The van der Waals surface area contributed by atoms with Crippen molar-refractivity contribution in [2.24, 2.45) is 0 Å². The van der Waals surface area contributed by atoms with Crippen LogP contribution in [0.15, 0.2) is 21.3 Å². The highest BCUT2D eigenvalue weighted by molar-refractivity contribution is 7.07. The van der Waals surface area contributed by atoms with Crippen LogP contribution in [0, 0.1) is 0 Å². The second kappa shape index (κ2) is 5.76. The van der Waals surface area contributed by atoms with Crippen LogP contribution in [-0.4, -0.2) is 22.2 Å². The minimum Gasteiger partial charge on any atom is -0.390 e. The number of carbonyl (C=O) groups excluding carboxylic acids is 1. The van der Waals surface area contributed by atoms with Gasteiger partial charge in [0.1, 0.15) is 11.5 Å². The number of aryl methyl sites for hydroxylation is 1. The van der Waals surface area contributed by atoms with Gasteiger partial charge in [-0.05, 0) is 35.2 Å². The summed E-state index contributed by atoms with van der Waals surface area (Å²) in [5.41, 5.74) is 2.60. The smallest absolute Gasteiger partial charge is 0.224 e. The Morgan fingerprint density at radius 3 is 3.25 bits per heavy atom. The maximum absolute atomic E-state index is 12.0. The topological polar surface area (TPSA) is 75.4 Å². The zero-order chi connectivity index (χ0) is 13.9. The molecule has 1 amide bonds. The Bertz CT molecular complexity index is 578. The first-order chi connectivity index (χ1) is 9.76. The van der Waals surface area contributed by atoms with E-state index in [-0.39, 0.29) is 18.6 Å². The highest BCUT2D eigenvalue weighted by Gasteiger charge is 2.26. The normalized spacial score (nSPS) is 17.8. The largest absolute Gasteiger partial charge is 0.390 e. The van der Waals surface area contributed by atoms with Gasteiger partial charge in [0.25, 0.3) is 0 Å². The molecule has 2 aromatic heterocycles. The number of amides is 1. The Morgan fingerprint density at radius 1 is 1.60 bits per heavy atom. The van der Waals surface area contributed by atoms with Gasteiger partial charge >= 0.3 is 0 Å². The maximum atomic E-state index is 12.0. The van der Waals surface area contributed by atoms with Crippen LogP contribution in [0.2, 0.25) is 0 Å². The third kappa shape index (κ3) is 2.76. The summed E-state index contributed by atoms with van der Waals surface area (Å²) < 4.78 is 5.20. The molecule has 5 nitrogen and oxygen atoms in total. The number of rotatable bonds is 4. The summed E-state index contributed by atoms with van der Waals surface area (Å²) in [6.07, 6.45) is 2.71. The molecular formula is C14H16N2O3S. The number of nitrogens with one attached hydrogen (secondary N) is 1. The lowest BCUT2D eigenvalue weighted by molar-refractivity contribution is -0.121. The number of carbonyl (C=O) groups is 1. The molecule has 2 heterocycles. The van der Waals surface area contributed by atoms with Gasteiger partial charge < -0.3 is 14.9 Å². The lowest BCUT2D eigenvalue weighted by atomic mass is 9.92. The van der Waals surface area contributed by atoms with Crippen LogP contribution in [0.4, 0.5) is 0 Å². The van der Waals surface area contributed by atoms with Crippen molar-refractivity contribution in [2.75, 3.05) is 0 Å². The number of hydrogen-bond donors (Lipinski definition) is 2. The number of aliphatic hydroxyl groups excluding tert-OH is 1. The average molecular weight is 292 g/mol. The fourth-order valence-electron chi connectivity index (χ4n) is 2.57. The Hall–Kier alpha value is -1.66. The van der Waals surface area contributed by atoms with Crippen LogP contribution < -0.4 is 5.32 Å². The zero-order valence-electron chi connectivity index (χ0n) is 11.0. The quantitative estimate of drug-likeness (QED) is 0.894. The first-order valence-corrected chi connectivity index (χ1v) is 7.58. The molecule has 0 aliphatic heterocycles. The van der Waals surface area contributed by atoms with Crippen molar-refractivity contribution >= 4 is 17.2 Å². The monoisotopic (exact) mass is 292 g/mol. The van der Waals surface area contributed by atoms with Gasteiger partial charge in [-0.3, -0.25) is 4.79 Å². The molecule has 0 aromatic carbocycles. The average Bonchev–Trinajstić information content (AvgIpc) is 3.07. The van der Waals surface area contributed by atoms with Crippen molar-refractivity contribution < 1.29 is 14.4 Å². The first kappa shape index (κ1) is 13.3. The molecule has 6 heteroatoms. The van der Waals surface area contributed by atoms with Gasteiger partial charge in [0.15, 0.2) is 0 Å². The third-order valence-corrected chi connectivity index (χ3v) is 4.31. The van der Waals surface area contributed by atoms with Crippen molar-refractivity contribution in [1.82, 2.24) is 10.5 Å². The van der Waals surface area contributed by atoms with E-state index >= 15 is 0 Å². The minimum absolute atomic E-state index is 0.0406. The molecule has 0 saturated heterocycles. The second-order valence-corrected chi connectivity index (χ2v) is 5.78. The number of thiophene rings is 1. The fourth-order valence-corrected chi connectivity index (χ4v) is 3.24. The third-order valence-electron chi connectivity index (χ3n) is 3.58. The zero-order valence-corrected chi connectivity index (χ0v) is 11.8. The predicted molar refractivity (Wildman–Crippen MR) is 74.4 cm³/mol. The molecule has 2 N–H and O–H groups in total. The van der Waals surface area contributed by atoms with E-state index in [4.69, 9.17) is 4.52 Å². The molecule has 0 fully saturated rings. The lowest BCUT2D eigenvalue weighted by Gasteiger charge is -2.22. The van der Waals surface area contributed by atoms with Gasteiger partial charge in [-0.15, -0.1) is 0 Å². The van der Waals surface area contributed by atoms with E-state index in [9.17, 15) is 9.90 Å². The van der Waals surface area contributed by atoms with Crippen LogP contribution in [0.1, 0.15) is 29.0 Å². The van der Waals surface area contributed by atoms with Gasteiger partial charge in [0.2, 0.25) is 5.91 Å². The molecule has 3 rings (SSSR count). The van der Waals surface area contributed by atoms with E-state index in [1.165, 1.54) is 0 Å². The van der Waals surface area contributed by atoms with Gasteiger partial charge in [-0.2, -0.15) is 11.3 Å². The molecule has 2 aromatic rings. The Labute approximate surface area is 120 Å². The molecule has 106 valence electrons. The van der Waals surface area contributed by atoms with Crippen molar-refractivity contribution in [1.29, 1.82) is 0 Å². The van der Waals surface area contributed by atoms with E-state index in [0.717, 1.165) is 29.7 Å². The molecule has 20 heavy (non-hydrogen) atoms. The van der Waals surface area contributed by atoms with E-state index in [0.29, 0.717) is 18.5 Å². The van der Waals surface area contributed by atoms with Gasteiger partial charge in [0.05, 0.1) is 13.0 Å². The Balaban J connectivity index is 1.61. The minimum atomic E-state index is -0.117. The number of aromatic nitrogens is 1. The molecule has 0 bridgehead atoms. The standard InChI is InChI=1S/C14H16N2O3S/c17-7-12-11-6-10(1-2-13(11)19-16-12)15-14(18)5-9-3-4-20-8-9/h3-4,8,10,17H,1-2,5-7H2,(H,15,18). The van der Waals surface area contributed by atoms with Crippen molar-refractivity contribution in [3.8, 4) is 0 Å². The second-order valence-electron chi connectivity index (χ2n) is 5.00. The van der Waals surface area contributed by atoms with Crippen LogP contribution >= 0.6 is 11.3 Å². The summed E-state index contributed by atoms with van der Waals surface area (Å²) in [6, 6.07) is 2.06. The number of hydrogen-bond acceptors (Lipinski definition) is 5. The van der Waals surface area contributed by atoms with Crippen LogP contribution in [0.25, 0.3) is 0 Å². The lowest BCUT2D eigenvalue weighted by Crippen LogP contribution is -2.39. The van der Waals surface area contributed by atoms with E-state index in [1.807, 2.05) is 16.8 Å². The molecule has 0 spiro atoms. The molecular weight excluding hydrogens is 276 g/mol. The van der Waals surface area contributed by atoms with E-state index in [2.05, 4.69) is 10.5 Å². The van der Waals surface area contributed by atoms with Crippen LogP contribution in [-0.2, 0) is 30.7 Å². The Morgan fingerprint density at radius 2 is 2.50 bits per heavy atom. The summed E-state index contributed by atoms with van der Waals surface area (Å²) >= 11 is 1.60. The maximum Gasteiger partial charge on any atom is 0.224 e. The number of nitrogens with zero attached hydrogens (tertiary/aromatic N) is 1. The van der Waals surface area contributed by atoms with Crippen LogP contribution in [0.3, 0.4) is 0 Å². The summed E-state index contributed by atoms with van der Waals surface area (Å²) in [5, 5.41) is 20.1. The van der Waals surface area contributed by atoms with Crippen molar-refractivity contribution in [3.05, 3.63) is 39.4 Å². The molecule has 1 atom stereocenters. The van der Waals surface area contributed by atoms with Gasteiger partial charge in [0, 0.05) is 18.0 Å². The highest BCUT2D eigenvalue weighted by Crippen LogP contribution is 2.24. The van der Waals surface area contributed by atoms with Crippen LogP contribution in [0.5, 0.6) is 0 Å². The Kier molecular flexibility index (Phi) is 3.84. The summed E-state index contributed by atoms with van der Waals surface area (Å²) in [6.45, 7) is -0.117. The number of aliphatic hydroxyl groups is 1. The summed E-state index contributed by atoms with van der Waals surface area (Å²) in [7, 11) is 0. The van der Waals surface area contributed by atoms with Crippen molar-refractivity contribution in [2.45, 2.75) is 38.3 Å². The molecule has 1 aliphatic carbocycles. The SMILES string of the molecule is O=C(Cc1ccsc1)NC1CCc2onc(CO)c2C1. The fraction of sp³-hybridized carbons (Fsp3) is 0.429. The summed E-state index contributed by atoms with van der Waals surface area (Å²) in [4.78, 5) is 12.0. The van der Waals surface area contributed by atoms with E-state index < -0.39 is 0 Å². The van der Waals surface area contributed by atoms with E-state index in [1.54, 1.807) is 11.3 Å². The molecule has 0 saturated carbocycles. The summed E-state index contributed by atoms with van der Waals surface area (Å²) in [5.74, 6) is 0.885. The molecule has 1 aliphatic rings. The molecule has 1 unspecified atom stereocenters. The number of fused-ring (bicyclic) bond motifs is 1. The predicted octanol–water partition coefficient (Wildman–Crippen LogP) is 1.44. The molecule has 0 radical (unpaired) electrons. The van der Waals surface area contributed by atoms with Gasteiger partial charge in [-0.1, -0.05) is 5.16 Å². The van der Waals surface area contributed by atoms with Crippen molar-refractivity contribution in [3.63, 3.8) is 0 Å². The highest BCUT2D eigenvalue weighted by atomic mass is 32.1. The first-order valence-electron chi connectivity index (χ1n) is 6.64.